The second-order valence-corrected chi connectivity index (χ2v) is 5.59. The summed E-state index contributed by atoms with van der Waals surface area (Å²) in [5.74, 6) is -1.34. The molecule has 0 unspecified atom stereocenters. The Labute approximate surface area is 134 Å². The predicted octanol–water partition coefficient (Wildman–Crippen LogP) is 3.73. The number of nitrogens with zero attached hydrogens (tertiary/aromatic N) is 1. The lowest BCUT2D eigenvalue weighted by Gasteiger charge is -2.07. The van der Waals surface area contributed by atoms with Crippen LogP contribution in [0.5, 0.6) is 0 Å². The van der Waals surface area contributed by atoms with Crippen LogP contribution in [-0.4, -0.2) is 10.8 Å². The third kappa shape index (κ3) is 3.67. The van der Waals surface area contributed by atoms with Crippen molar-refractivity contribution in [1.29, 1.82) is 0 Å². The van der Waals surface area contributed by atoms with Crippen LogP contribution in [0.25, 0.3) is 0 Å². The molecule has 0 heterocycles. The van der Waals surface area contributed by atoms with E-state index < -0.39 is 22.3 Å². The van der Waals surface area contributed by atoms with E-state index in [4.69, 9.17) is 0 Å². The zero-order valence-electron chi connectivity index (χ0n) is 11.6. The Morgan fingerprint density at radius 1 is 1.36 bits per heavy atom. The molecule has 5 nitrogen and oxygen atoms in total. The molecule has 1 amide bonds. The van der Waals surface area contributed by atoms with Gasteiger partial charge in [-0.2, -0.15) is 0 Å². The van der Waals surface area contributed by atoms with Gasteiger partial charge < -0.3 is 5.32 Å². The molecule has 0 bridgehead atoms. The fourth-order valence-corrected chi connectivity index (χ4v) is 2.36. The first-order valence-electron chi connectivity index (χ1n) is 6.35. The Morgan fingerprint density at radius 2 is 2.09 bits per heavy atom. The van der Waals surface area contributed by atoms with Gasteiger partial charge >= 0.3 is 0 Å². The van der Waals surface area contributed by atoms with Crippen molar-refractivity contribution < 1.29 is 14.1 Å². The molecule has 0 radical (unpaired) electrons. The standard InChI is InChI=1S/C15H12BrFN2O3/c1-9-13(17)6-11(7-14(9)19(21)22)15(20)18-8-10-3-2-4-12(16)5-10/h2-7H,8H2,1H3,(H,18,20). The topological polar surface area (TPSA) is 72.2 Å². The highest BCUT2D eigenvalue weighted by atomic mass is 79.9. The molecule has 2 aromatic rings. The first-order valence-corrected chi connectivity index (χ1v) is 7.15. The molecule has 0 aliphatic heterocycles. The number of nitrogens with one attached hydrogen (secondary N) is 1. The highest BCUT2D eigenvalue weighted by Crippen LogP contribution is 2.22. The summed E-state index contributed by atoms with van der Waals surface area (Å²) in [6.07, 6.45) is 0. The van der Waals surface area contributed by atoms with Crippen LogP contribution >= 0.6 is 15.9 Å². The number of nitro groups is 1. The molecule has 0 fully saturated rings. The largest absolute Gasteiger partial charge is 0.348 e. The van der Waals surface area contributed by atoms with Crippen molar-refractivity contribution in [2.45, 2.75) is 13.5 Å². The fourth-order valence-electron chi connectivity index (χ4n) is 1.92. The molecule has 0 spiro atoms. The van der Waals surface area contributed by atoms with Gasteiger partial charge in [0.15, 0.2) is 0 Å². The summed E-state index contributed by atoms with van der Waals surface area (Å²) in [5, 5.41) is 13.5. The molecule has 114 valence electrons. The number of hydrogen-bond acceptors (Lipinski definition) is 3. The molecule has 2 rings (SSSR count). The van der Waals surface area contributed by atoms with Crippen LogP contribution in [0.3, 0.4) is 0 Å². The van der Waals surface area contributed by atoms with Crippen LogP contribution < -0.4 is 5.32 Å². The van der Waals surface area contributed by atoms with E-state index in [0.29, 0.717) is 0 Å². The van der Waals surface area contributed by atoms with E-state index in [-0.39, 0.29) is 17.7 Å². The molecule has 0 saturated heterocycles. The van der Waals surface area contributed by atoms with Gasteiger partial charge in [-0.1, -0.05) is 28.1 Å². The van der Waals surface area contributed by atoms with Crippen molar-refractivity contribution >= 4 is 27.5 Å². The lowest BCUT2D eigenvalue weighted by atomic mass is 10.1. The summed E-state index contributed by atoms with van der Waals surface area (Å²) in [4.78, 5) is 22.2. The van der Waals surface area contributed by atoms with E-state index in [9.17, 15) is 19.3 Å². The maximum atomic E-state index is 13.7. The van der Waals surface area contributed by atoms with Gasteiger partial charge in [0.05, 0.1) is 10.5 Å². The molecule has 22 heavy (non-hydrogen) atoms. The monoisotopic (exact) mass is 366 g/mol. The Hall–Kier alpha value is -2.28. The summed E-state index contributed by atoms with van der Waals surface area (Å²) < 4.78 is 14.6. The first kappa shape index (κ1) is 16.1. The Kier molecular flexibility index (Phi) is 4.87. The van der Waals surface area contributed by atoms with E-state index >= 15 is 0 Å². The van der Waals surface area contributed by atoms with Crippen LogP contribution in [0.4, 0.5) is 10.1 Å². The van der Waals surface area contributed by atoms with Gasteiger partial charge in [0, 0.05) is 22.6 Å². The number of benzene rings is 2. The Balaban J connectivity index is 2.18. The molecule has 1 N–H and O–H groups in total. The Bertz CT molecular complexity index is 750. The van der Waals surface area contributed by atoms with Gasteiger partial charge in [0.2, 0.25) is 0 Å². The zero-order chi connectivity index (χ0) is 16.3. The minimum absolute atomic E-state index is 0.0789. The normalized spacial score (nSPS) is 10.3. The van der Waals surface area contributed by atoms with Gasteiger partial charge in [-0.25, -0.2) is 4.39 Å². The number of halogens is 2. The average Bonchev–Trinajstić information content (AvgIpc) is 2.47. The second kappa shape index (κ2) is 6.65. The van der Waals surface area contributed by atoms with E-state index in [1.54, 1.807) is 0 Å². The lowest BCUT2D eigenvalue weighted by molar-refractivity contribution is -0.385. The molecule has 0 aromatic heterocycles. The summed E-state index contributed by atoms with van der Waals surface area (Å²) in [6.45, 7) is 1.54. The molecular weight excluding hydrogens is 355 g/mol. The molecule has 0 aliphatic carbocycles. The molecule has 7 heteroatoms. The first-order chi connectivity index (χ1) is 10.4. The number of amides is 1. The Morgan fingerprint density at radius 3 is 2.73 bits per heavy atom. The summed E-state index contributed by atoms with van der Waals surface area (Å²) >= 11 is 3.32. The fraction of sp³-hybridized carbons (Fsp3) is 0.133. The highest BCUT2D eigenvalue weighted by Gasteiger charge is 2.19. The smallest absolute Gasteiger partial charge is 0.276 e. The zero-order valence-corrected chi connectivity index (χ0v) is 13.2. The molecule has 2 aromatic carbocycles. The maximum absolute atomic E-state index is 13.7. The second-order valence-electron chi connectivity index (χ2n) is 4.67. The van der Waals surface area contributed by atoms with E-state index in [0.717, 1.165) is 22.2 Å². The van der Waals surface area contributed by atoms with Crippen molar-refractivity contribution in [3.63, 3.8) is 0 Å². The SMILES string of the molecule is Cc1c(F)cc(C(=O)NCc2cccc(Br)c2)cc1[N+](=O)[O-]. The van der Waals surface area contributed by atoms with Gasteiger partial charge in [-0.05, 0) is 30.7 Å². The predicted molar refractivity (Wildman–Crippen MR) is 83.1 cm³/mol. The number of rotatable bonds is 4. The number of carbonyl (C=O) groups excluding carboxylic acids is 1. The molecule has 0 atom stereocenters. The van der Waals surface area contributed by atoms with Gasteiger partial charge in [0.1, 0.15) is 5.82 Å². The van der Waals surface area contributed by atoms with Crippen molar-refractivity contribution in [2.24, 2.45) is 0 Å². The molecule has 0 aliphatic rings. The lowest BCUT2D eigenvalue weighted by Crippen LogP contribution is -2.23. The maximum Gasteiger partial charge on any atom is 0.276 e. The van der Waals surface area contributed by atoms with Crippen LogP contribution in [0.1, 0.15) is 21.5 Å². The van der Waals surface area contributed by atoms with Crippen molar-refractivity contribution in [1.82, 2.24) is 5.32 Å². The summed E-state index contributed by atoms with van der Waals surface area (Å²) in [7, 11) is 0. The number of nitro benzene ring substituents is 1. The number of carbonyl (C=O) groups is 1. The van der Waals surface area contributed by atoms with E-state index in [1.165, 1.54) is 6.92 Å². The number of hydrogen-bond donors (Lipinski definition) is 1. The van der Waals surface area contributed by atoms with Gasteiger partial charge in [0.25, 0.3) is 11.6 Å². The van der Waals surface area contributed by atoms with E-state index in [1.807, 2.05) is 24.3 Å². The van der Waals surface area contributed by atoms with Gasteiger partial charge in [-0.15, -0.1) is 0 Å². The molecular formula is C15H12BrFN2O3. The minimum atomic E-state index is -0.776. The van der Waals surface area contributed by atoms with Crippen LogP contribution in [0.15, 0.2) is 40.9 Å². The average molecular weight is 367 g/mol. The van der Waals surface area contributed by atoms with E-state index in [2.05, 4.69) is 21.2 Å². The van der Waals surface area contributed by atoms with Crippen LogP contribution in [-0.2, 0) is 6.54 Å². The van der Waals surface area contributed by atoms with Gasteiger partial charge in [-0.3, -0.25) is 14.9 Å². The third-order valence-electron chi connectivity index (χ3n) is 3.12. The summed E-state index contributed by atoms with van der Waals surface area (Å²) in [6, 6.07) is 9.40. The quantitative estimate of drug-likeness (QED) is 0.661. The minimum Gasteiger partial charge on any atom is -0.348 e. The molecule has 0 saturated carbocycles. The van der Waals surface area contributed by atoms with Crippen molar-refractivity contribution in [2.75, 3.05) is 0 Å². The van der Waals surface area contributed by atoms with Crippen LogP contribution in [0, 0.1) is 22.9 Å². The third-order valence-corrected chi connectivity index (χ3v) is 3.61. The van der Waals surface area contributed by atoms with Crippen LogP contribution in [0.2, 0.25) is 0 Å². The van der Waals surface area contributed by atoms with Crippen molar-refractivity contribution in [3.05, 3.63) is 73.5 Å². The summed E-state index contributed by atoms with van der Waals surface area (Å²) in [5.41, 5.74) is 0.274. The highest BCUT2D eigenvalue weighted by molar-refractivity contribution is 9.10. The van der Waals surface area contributed by atoms with Crippen molar-refractivity contribution in [3.8, 4) is 0 Å².